The highest BCUT2D eigenvalue weighted by atomic mass is 32.1. The molecule has 0 radical (unpaired) electrons. The number of halogens is 1. The van der Waals surface area contributed by atoms with Gasteiger partial charge in [-0.3, -0.25) is 4.79 Å². The fourth-order valence-corrected chi connectivity index (χ4v) is 4.18. The molecule has 0 bridgehead atoms. The Hall–Kier alpha value is -2.46. The molecule has 4 rings (SSSR count). The maximum atomic E-state index is 13.2. The SMILES string of the molecule is O=C1C[C@@H](c2ccc(F)cc2)c2scc(-c3ccccc3)c2N1. The van der Waals surface area contributed by atoms with Gasteiger partial charge >= 0.3 is 0 Å². The van der Waals surface area contributed by atoms with E-state index in [0.29, 0.717) is 6.42 Å². The van der Waals surface area contributed by atoms with Crippen molar-refractivity contribution in [2.75, 3.05) is 5.32 Å². The summed E-state index contributed by atoms with van der Waals surface area (Å²) in [6.45, 7) is 0. The van der Waals surface area contributed by atoms with Crippen molar-refractivity contribution in [1.82, 2.24) is 0 Å². The topological polar surface area (TPSA) is 29.1 Å². The van der Waals surface area contributed by atoms with Crippen molar-refractivity contribution < 1.29 is 9.18 Å². The van der Waals surface area contributed by atoms with Crippen LogP contribution >= 0.6 is 11.3 Å². The quantitative estimate of drug-likeness (QED) is 0.704. The van der Waals surface area contributed by atoms with Crippen molar-refractivity contribution in [2.45, 2.75) is 12.3 Å². The Balaban J connectivity index is 1.81. The molecule has 0 saturated carbocycles. The van der Waals surface area contributed by atoms with Crippen molar-refractivity contribution >= 4 is 22.9 Å². The Bertz CT molecular complexity index is 855. The number of hydrogen-bond donors (Lipinski definition) is 1. The van der Waals surface area contributed by atoms with Crippen molar-refractivity contribution in [2.24, 2.45) is 0 Å². The number of carbonyl (C=O) groups excluding carboxylic acids is 1. The van der Waals surface area contributed by atoms with Gasteiger partial charge in [0.2, 0.25) is 5.91 Å². The van der Waals surface area contributed by atoms with Crippen LogP contribution in [0.15, 0.2) is 60.0 Å². The summed E-state index contributed by atoms with van der Waals surface area (Å²) >= 11 is 1.65. The predicted molar refractivity (Wildman–Crippen MR) is 91.2 cm³/mol. The number of amides is 1. The molecule has 3 aromatic rings. The molecule has 0 fully saturated rings. The van der Waals surface area contributed by atoms with E-state index in [1.54, 1.807) is 23.5 Å². The second kappa shape index (κ2) is 5.63. The van der Waals surface area contributed by atoms with Gasteiger partial charge in [-0.1, -0.05) is 42.5 Å². The van der Waals surface area contributed by atoms with E-state index >= 15 is 0 Å². The van der Waals surface area contributed by atoms with Crippen molar-refractivity contribution in [3.63, 3.8) is 0 Å². The highest BCUT2D eigenvalue weighted by molar-refractivity contribution is 7.11. The van der Waals surface area contributed by atoms with Gasteiger partial charge in [0.1, 0.15) is 5.82 Å². The molecule has 2 aromatic carbocycles. The fraction of sp³-hybridized carbons (Fsp3) is 0.105. The molecule has 2 nitrogen and oxygen atoms in total. The van der Waals surface area contributed by atoms with E-state index < -0.39 is 0 Å². The molecule has 1 amide bonds. The first-order chi connectivity index (χ1) is 11.2. The normalized spacial score (nSPS) is 16.7. The van der Waals surface area contributed by atoms with Gasteiger partial charge in [0.25, 0.3) is 0 Å². The van der Waals surface area contributed by atoms with Crippen LogP contribution in [0.2, 0.25) is 0 Å². The molecule has 0 unspecified atom stereocenters. The van der Waals surface area contributed by atoms with E-state index in [1.807, 2.05) is 30.3 Å². The predicted octanol–water partition coefficient (Wildman–Crippen LogP) is 5.03. The van der Waals surface area contributed by atoms with Crippen molar-refractivity contribution in [3.05, 3.63) is 76.2 Å². The van der Waals surface area contributed by atoms with Crippen LogP contribution in [-0.2, 0) is 4.79 Å². The summed E-state index contributed by atoms with van der Waals surface area (Å²) in [5, 5.41) is 5.10. The first-order valence-electron chi connectivity index (χ1n) is 7.44. The molecular weight excluding hydrogens is 309 g/mol. The standard InChI is InChI=1S/C19H14FNOS/c20-14-8-6-13(7-9-14)15-10-17(22)21-18-16(11-23-19(15)18)12-4-2-1-3-5-12/h1-9,11,15H,10H2,(H,21,22)/t15-/m0/s1. The summed E-state index contributed by atoms with van der Waals surface area (Å²) in [5.41, 5.74) is 4.01. The van der Waals surface area contributed by atoms with E-state index in [1.165, 1.54) is 12.1 Å². The minimum Gasteiger partial charge on any atom is -0.325 e. The lowest BCUT2D eigenvalue weighted by Gasteiger charge is -2.24. The first kappa shape index (κ1) is 14.2. The number of anilines is 1. The third-order valence-electron chi connectivity index (χ3n) is 4.15. The molecule has 114 valence electrons. The van der Waals surface area contributed by atoms with Gasteiger partial charge in [-0.15, -0.1) is 11.3 Å². The van der Waals surface area contributed by atoms with Crippen LogP contribution in [0.1, 0.15) is 22.8 Å². The average Bonchev–Trinajstić information content (AvgIpc) is 2.99. The van der Waals surface area contributed by atoms with Crippen LogP contribution in [0.25, 0.3) is 11.1 Å². The third-order valence-corrected chi connectivity index (χ3v) is 5.24. The van der Waals surface area contributed by atoms with Gasteiger partial charge in [0, 0.05) is 28.2 Å². The first-order valence-corrected chi connectivity index (χ1v) is 8.32. The molecule has 0 spiro atoms. The largest absolute Gasteiger partial charge is 0.325 e. The van der Waals surface area contributed by atoms with Crippen LogP contribution in [-0.4, -0.2) is 5.91 Å². The lowest BCUT2D eigenvalue weighted by Crippen LogP contribution is -2.22. The zero-order valence-corrected chi connectivity index (χ0v) is 13.1. The Morgan fingerprint density at radius 2 is 1.78 bits per heavy atom. The van der Waals surface area contributed by atoms with E-state index in [2.05, 4.69) is 10.7 Å². The Labute approximate surface area is 137 Å². The minimum atomic E-state index is -0.259. The molecule has 1 aliphatic heterocycles. The summed E-state index contributed by atoms with van der Waals surface area (Å²) in [6, 6.07) is 16.5. The number of hydrogen-bond acceptors (Lipinski definition) is 2. The van der Waals surface area contributed by atoms with E-state index in [0.717, 1.165) is 27.3 Å². The molecule has 0 saturated heterocycles. The molecule has 1 aliphatic rings. The lowest BCUT2D eigenvalue weighted by atomic mass is 9.89. The molecule has 2 heterocycles. The van der Waals surface area contributed by atoms with Gasteiger partial charge in [0.05, 0.1) is 5.69 Å². The monoisotopic (exact) mass is 323 g/mol. The summed E-state index contributed by atoms with van der Waals surface area (Å²) in [5.74, 6) is -0.269. The number of fused-ring (bicyclic) bond motifs is 1. The Morgan fingerprint density at radius 1 is 1.04 bits per heavy atom. The van der Waals surface area contributed by atoms with Gasteiger partial charge < -0.3 is 5.32 Å². The summed E-state index contributed by atoms with van der Waals surface area (Å²) in [6.07, 6.45) is 0.396. The number of thiophene rings is 1. The maximum Gasteiger partial charge on any atom is 0.225 e. The Kier molecular flexibility index (Phi) is 3.46. The summed E-state index contributed by atoms with van der Waals surface area (Å²) < 4.78 is 13.2. The second-order valence-electron chi connectivity index (χ2n) is 5.61. The van der Waals surface area contributed by atoms with Crippen LogP contribution in [0, 0.1) is 5.82 Å². The number of benzene rings is 2. The van der Waals surface area contributed by atoms with E-state index in [4.69, 9.17) is 0 Å². The third kappa shape index (κ3) is 2.55. The minimum absolute atomic E-state index is 0.00223. The Morgan fingerprint density at radius 3 is 2.52 bits per heavy atom. The fourth-order valence-electron chi connectivity index (χ4n) is 3.02. The molecule has 4 heteroatoms. The van der Waals surface area contributed by atoms with Gasteiger partial charge in [-0.2, -0.15) is 0 Å². The molecular formula is C19H14FNOS. The molecule has 23 heavy (non-hydrogen) atoms. The smallest absolute Gasteiger partial charge is 0.225 e. The molecule has 1 aromatic heterocycles. The van der Waals surface area contributed by atoms with Gasteiger partial charge in [-0.25, -0.2) is 4.39 Å². The summed E-state index contributed by atoms with van der Waals surface area (Å²) in [7, 11) is 0. The lowest BCUT2D eigenvalue weighted by molar-refractivity contribution is -0.116. The maximum absolute atomic E-state index is 13.2. The van der Waals surface area contributed by atoms with Gasteiger partial charge in [0.15, 0.2) is 0 Å². The zero-order valence-electron chi connectivity index (χ0n) is 12.3. The number of rotatable bonds is 2. The number of nitrogens with one attached hydrogen (secondary N) is 1. The molecule has 0 aliphatic carbocycles. The van der Waals surface area contributed by atoms with Crippen LogP contribution in [0.5, 0.6) is 0 Å². The molecule has 1 atom stereocenters. The highest BCUT2D eigenvalue weighted by Gasteiger charge is 2.30. The van der Waals surface area contributed by atoms with Crippen LogP contribution < -0.4 is 5.32 Å². The van der Waals surface area contributed by atoms with Crippen molar-refractivity contribution in [1.29, 1.82) is 0 Å². The van der Waals surface area contributed by atoms with Gasteiger partial charge in [-0.05, 0) is 23.3 Å². The van der Waals surface area contributed by atoms with Crippen LogP contribution in [0.3, 0.4) is 0 Å². The van der Waals surface area contributed by atoms with Crippen LogP contribution in [0.4, 0.5) is 10.1 Å². The molecule has 1 N–H and O–H groups in total. The average molecular weight is 323 g/mol. The second-order valence-corrected chi connectivity index (χ2v) is 6.52. The zero-order chi connectivity index (χ0) is 15.8. The highest BCUT2D eigenvalue weighted by Crippen LogP contribution is 2.46. The summed E-state index contributed by atoms with van der Waals surface area (Å²) in [4.78, 5) is 13.3. The number of carbonyl (C=O) groups is 1. The van der Waals surface area contributed by atoms with E-state index in [9.17, 15) is 9.18 Å². The van der Waals surface area contributed by atoms with E-state index in [-0.39, 0.29) is 17.6 Å². The van der Waals surface area contributed by atoms with Crippen molar-refractivity contribution in [3.8, 4) is 11.1 Å².